The van der Waals surface area contributed by atoms with Gasteiger partial charge in [0.2, 0.25) is 0 Å². The number of rotatable bonds is 6. The van der Waals surface area contributed by atoms with Gasteiger partial charge in [-0.05, 0) is 54.6 Å². The van der Waals surface area contributed by atoms with E-state index in [0.29, 0.717) is 10.8 Å². The van der Waals surface area contributed by atoms with E-state index in [2.05, 4.69) is 53.2 Å². The molecule has 2 fully saturated rings. The van der Waals surface area contributed by atoms with Crippen LogP contribution in [0.1, 0.15) is 46.2 Å². The lowest BCUT2D eigenvalue weighted by atomic mass is 9.57. The predicted molar refractivity (Wildman–Crippen MR) is 118 cm³/mol. The first-order valence-corrected chi connectivity index (χ1v) is 10.9. The van der Waals surface area contributed by atoms with Gasteiger partial charge in [0.25, 0.3) is 0 Å². The summed E-state index contributed by atoms with van der Waals surface area (Å²) >= 11 is 0. The summed E-state index contributed by atoms with van der Waals surface area (Å²) < 4.78 is 1.82. The van der Waals surface area contributed by atoms with Crippen molar-refractivity contribution in [1.29, 1.82) is 0 Å². The van der Waals surface area contributed by atoms with Crippen LogP contribution in [0.25, 0.3) is 11.3 Å². The van der Waals surface area contributed by atoms with E-state index < -0.39 is 0 Å². The minimum atomic E-state index is 0.404. The number of nitrogens with zero attached hydrogens (tertiary/aromatic N) is 5. The Kier molecular flexibility index (Phi) is 5.18. The summed E-state index contributed by atoms with van der Waals surface area (Å²) in [6.07, 6.45) is 4.69. The van der Waals surface area contributed by atoms with Crippen molar-refractivity contribution in [1.82, 2.24) is 24.9 Å². The smallest absolute Gasteiger partial charge is 0.148 e. The van der Waals surface area contributed by atoms with Crippen molar-refractivity contribution in [3.63, 3.8) is 0 Å². The molecular weight excluding hydrogens is 360 g/mol. The maximum Gasteiger partial charge on any atom is 0.148 e. The summed E-state index contributed by atoms with van der Waals surface area (Å²) in [5.41, 5.74) is 3.91. The van der Waals surface area contributed by atoms with Crippen LogP contribution in [0.2, 0.25) is 0 Å². The molecule has 0 bridgehead atoms. The first-order chi connectivity index (χ1) is 13.6. The van der Waals surface area contributed by atoms with Gasteiger partial charge in [0.05, 0.1) is 11.4 Å². The SMILES string of the molecule is Cc1nn(C)cc1-c1ccc(NCC2CC3(C2)CN(CC(C)C(C)(C)C)C3)nn1. The van der Waals surface area contributed by atoms with Crippen molar-refractivity contribution in [2.45, 2.75) is 47.5 Å². The lowest BCUT2D eigenvalue weighted by Gasteiger charge is -2.60. The van der Waals surface area contributed by atoms with Crippen LogP contribution in [0.3, 0.4) is 0 Å². The number of hydrogen-bond acceptors (Lipinski definition) is 5. The molecule has 4 rings (SSSR count). The van der Waals surface area contributed by atoms with Crippen LogP contribution >= 0.6 is 0 Å². The highest BCUT2D eigenvalue weighted by molar-refractivity contribution is 5.61. The van der Waals surface area contributed by atoms with Crippen LogP contribution in [0.5, 0.6) is 0 Å². The number of aryl methyl sites for hydroxylation is 2. The molecule has 6 nitrogen and oxygen atoms in total. The Balaban J connectivity index is 1.20. The number of aromatic nitrogens is 4. The third kappa shape index (κ3) is 4.32. The highest BCUT2D eigenvalue weighted by Crippen LogP contribution is 2.52. The molecule has 0 amide bonds. The molecule has 1 saturated carbocycles. The second-order valence-electron chi connectivity index (χ2n) is 10.7. The van der Waals surface area contributed by atoms with Crippen LogP contribution in [0.15, 0.2) is 18.3 Å². The fraction of sp³-hybridized carbons (Fsp3) is 0.696. The third-order valence-electron chi connectivity index (χ3n) is 7.10. The van der Waals surface area contributed by atoms with E-state index in [4.69, 9.17) is 0 Å². The zero-order chi connectivity index (χ0) is 20.8. The van der Waals surface area contributed by atoms with Gasteiger partial charge < -0.3 is 10.2 Å². The van der Waals surface area contributed by atoms with Crippen molar-refractivity contribution in [2.75, 3.05) is 31.5 Å². The third-order valence-corrected chi connectivity index (χ3v) is 7.10. The lowest BCUT2D eigenvalue weighted by Crippen LogP contribution is -2.63. The Morgan fingerprint density at radius 1 is 1.21 bits per heavy atom. The maximum atomic E-state index is 4.39. The number of hydrogen-bond donors (Lipinski definition) is 1. The first-order valence-electron chi connectivity index (χ1n) is 10.9. The molecule has 0 aromatic carbocycles. The summed E-state index contributed by atoms with van der Waals surface area (Å²) in [5, 5.41) is 16.6. The van der Waals surface area contributed by atoms with E-state index in [0.717, 1.165) is 41.1 Å². The Morgan fingerprint density at radius 2 is 1.93 bits per heavy atom. The molecule has 0 radical (unpaired) electrons. The van der Waals surface area contributed by atoms with Gasteiger partial charge in [0.15, 0.2) is 0 Å². The molecule has 1 aliphatic heterocycles. The van der Waals surface area contributed by atoms with Crippen LogP contribution in [0.4, 0.5) is 5.82 Å². The Hall–Kier alpha value is -1.95. The van der Waals surface area contributed by atoms with Crippen molar-refractivity contribution < 1.29 is 0 Å². The molecule has 1 spiro atoms. The second-order valence-corrected chi connectivity index (χ2v) is 10.7. The molecule has 2 aromatic heterocycles. The van der Waals surface area contributed by atoms with E-state index in [-0.39, 0.29) is 0 Å². The van der Waals surface area contributed by atoms with Crippen molar-refractivity contribution >= 4 is 5.82 Å². The predicted octanol–water partition coefficient (Wildman–Crippen LogP) is 3.99. The molecule has 1 aliphatic carbocycles. The Bertz CT molecular complexity index is 833. The van der Waals surface area contributed by atoms with E-state index >= 15 is 0 Å². The summed E-state index contributed by atoms with van der Waals surface area (Å²) in [5.74, 6) is 2.37. The van der Waals surface area contributed by atoms with Crippen LogP contribution < -0.4 is 5.32 Å². The van der Waals surface area contributed by atoms with Gasteiger partial charge in [-0.25, -0.2) is 0 Å². The first kappa shape index (κ1) is 20.3. The molecule has 2 aromatic rings. The van der Waals surface area contributed by atoms with E-state index in [1.165, 1.54) is 32.5 Å². The Morgan fingerprint density at radius 3 is 2.48 bits per heavy atom. The lowest BCUT2D eigenvalue weighted by molar-refractivity contribution is -0.0996. The Labute approximate surface area is 175 Å². The zero-order valence-electron chi connectivity index (χ0n) is 18.9. The van der Waals surface area contributed by atoms with Gasteiger partial charge in [0, 0.05) is 45.0 Å². The minimum Gasteiger partial charge on any atom is -0.368 e. The van der Waals surface area contributed by atoms with Gasteiger partial charge in [-0.2, -0.15) is 5.10 Å². The van der Waals surface area contributed by atoms with Crippen molar-refractivity contribution in [3.8, 4) is 11.3 Å². The molecule has 6 heteroatoms. The maximum absolute atomic E-state index is 4.39. The van der Waals surface area contributed by atoms with Gasteiger partial charge in [-0.3, -0.25) is 4.68 Å². The molecule has 158 valence electrons. The quantitative estimate of drug-likeness (QED) is 0.800. The molecule has 3 heterocycles. The van der Waals surface area contributed by atoms with Gasteiger partial charge >= 0.3 is 0 Å². The molecule has 1 atom stereocenters. The van der Waals surface area contributed by atoms with Crippen LogP contribution in [-0.4, -0.2) is 51.1 Å². The number of nitrogens with one attached hydrogen (secondary N) is 1. The normalized spacial score (nSPS) is 20.3. The summed E-state index contributed by atoms with van der Waals surface area (Å²) in [7, 11) is 1.93. The summed E-state index contributed by atoms with van der Waals surface area (Å²) in [6.45, 7) is 16.3. The average molecular weight is 397 g/mol. The topological polar surface area (TPSA) is 58.9 Å². The van der Waals surface area contributed by atoms with Gasteiger partial charge in [0.1, 0.15) is 5.82 Å². The summed E-state index contributed by atoms with van der Waals surface area (Å²) in [4.78, 5) is 2.66. The molecule has 1 unspecified atom stereocenters. The zero-order valence-corrected chi connectivity index (χ0v) is 18.9. The second kappa shape index (κ2) is 7.38. The standard InChI is InChI=1S/C23H36N6/c1-16(22(3,4)5)12-29-14-23(15-29)9-18(10-23)11-24-21-8-7-20(25-26-21)19-13-28(6)27-17(19)2/h7-8,13,16,18H,9-12,14-15H2,1-6H3,(H,24,26). The van der Waals surface area contributed by atoms with E-state index in [1.54, 1.807) is 0 Å². The molecule has 2 aliphatic rings. The largest absolute Gasteiger partial charge is 0.368 e. The molecule has 1 N–H and O–H groups in total. The fourth-order valence-electron chi connectivity index (χ4n) is 4.93. The molecule has 29 heavy (non-hydrogen) atoms. The van der Waals surface area contributed by atoms with Crippen LogP contribution in [0, 0.1) is 29.6 Å². The van der Waals surface area contributed by atoms with Gasteiger partial charge in [-0.15, -0.1) is 10.2 Å². The fourth-order valence-corrected chi connectivity index (χ4v) is 4.93. The van der Waals surface area contributed by atoms with Crippen molar-refractivity contribution in [3.05, 3.63) is 24.0 Å². The molecular formula is C23H36N6. The van der Waals surface area contributed by atoms with E-state index in [9.17, 15) is 0 Å². The van der Waals surface area contributed by atoms with Crippen LogP contribution in [-0.2, 0) is 7.05 Å². The monoisotopic (exact) mass is 396 g/mol. The number of likely N-dealkylation sites (tertiary alicyclic amines) is 1. The number of anilines is 1. The van der Waals surface area contributed by atoms with E-state index in [1.807, 2.05) is 37.0 Å². The molecule has 1 saturated heterocycles. The highest BCUT2D eigenvalue weighted by atomic mass is 15.3. The van der Waals surface area contributed by atoms with Gasteiger partial charge in [-0.1, -0.05) is 27.7 Å². The highest BCUT2D eigenvalue weighted by Gasteiger charge is 2.52. The summed E-state index contributed by atoms with van der Waals surface area (Å²) in [6, 6.07) is 4.06. The minimum absolute atomic E-state index is 0.404. The van der Waals surface area contributed by atoms with Crippen molar-refractivity contribution in [2.24, 2.45) is 29.7 Å². The average Bonchev–Trinajstić information content (AvgIpc) is 2.92.